The first-order valence-corrected chi connectivity index (χ1v) is 18.9. The largest absolute Gasteiger partial charge is 0.423 e. The predicted molar refractivity (Wildman–Crippen MR) is 224 cm³/mol. The maximum Gasteiger partial charge on any atom is 0.344 e. The predicted octanol–water partition coefficient (Wildman–Crippen LogP) is 12.5. The van der Waals surface area contributed by atoms with Crippen LogP contribution in [0.25, 0.3) is 55.4 Å². The zero-order chi connectivity index (χ0) is 38.8. The summed E-state index contributed by atoms with van der Waals surface area (Å²) in [6.07, 6.45) is 0. The fourth-order valence-corrected chi connectivity index (χ4v) is 6.83. The molecule has 56 heavy (non-hydrogen) atoms. The van der Waals surface area contributed by atoms with E-state index in [-0.39, 0.29) is 0 Å². The van der Waals surface area contributed by atoms with Crippen LogP contribution in [0, 0.1) is 0 Å². The van der Waals surface area contributed by atoms with Gasteiger partial charge in [-0.2, -0.15) is 0 Å². The molecule has 6 aromatic carbocycles. The van der Waals surface area contributed by atoms with E-state index in [0.29, 0.717) is 67.7 Å². The van der Waals surface area contributed by atoms with Crippen molar-refractivity contribution in [3.8, 4) is 45.1 Å². The van der Waals surface area contributed by atoms with E-state index in [1.807, 2.05) is 146 Å². The van der Waals surface area contributed by atoms with E-state index >= 15 is 0 Å². The molecule has 0 amide bonds. The SMILES string of the molecule is CC(C)c1ccc(OC(=O)c2cc(-c3ccccc3)nc3ccc(-c4ccc5nc(-c6ccccc6)cc(C(=O)Oc6ccc(C(C)C)cc6)c5c4)cc23)cc1. The van der Waals surface area contributed by atoms with E-state index < -0.39 is 11.9 Å². The number of pyridine rings is 2. The van der Waals surface area contributed by atoms with Crippen LogP contribution in [0.5, 0.6) is 11.5 Å². The van der Waals surface area contributed by atoms with Crippen LogP contribution in [0.2, 0.25) is 0 Å². The number of carbonyl (C=O) groups is 2. The van der Waals surface area contributed by atoms with Crippen molar-refractivity contribution in [3.05, 3.63) is 180 Å². The molecule has 0 saturated carbocycles. The number of hydrogen-bond donors (Lipinski definition) is 0. The highest BCUT2D eigenvalue weighted by atomic mass is 16.5. The number of esters is 2. The molecular weight excluding hydrogens is 693 g/mol. The minimum absolute atomic E-state index is 0.358. The zero-order valence-electron chi connectivity index (χ0n) is 31.7. The summed E-state index contributed by atoms with van der Waals surface area (Å²) in [6, 6.07) is 50.1. The highest BCUT2D eigenvalue weighted by Crippen LogP contribution is 2.34. The van der Waals surface area contributed by atoms with Gasteiger partial charge in [0.1, 0.15) is 11.5 Å². The van der Waals surface area contributed by atoms with Crippen LogP contribution >= 0.6 is 0 Å². The Hall–Kier alpha value is -6.92. The van der Waals surface area contributed by atoms with Gasteiger partial charge >= 0.3 is 11.9 Å². The van der Waals surface area contributed by atoms with Crippen LogP contribution in [0.3, 0.4) is 0 Å². The van der Waals surface area contributed by atoms with Crippen LogP contribution < -0.4 is 9.47 Å². The summed E-state index contributed by atoms with van der Waals surface area (Å²) in [7, 11) is 0. The summed E-state index contributed by atoms with van der Waals surface area (Å²) < 4.78 is 11.9. The van der Waals surface area contributed by atoms with Crippen molar-refractivity contribution in [1.82, 2.24) is 9.97 Å². The van der Waals surface area contributed by atoms with Crippen LogP contribution in [-0.2, 0) is 0 Å². The molecule has 0 fully saturated rings. The molecule has 6 nitrogen and oxygen atoms in total. The van der Waals surface area contributed by atoms with Gasteiger partial charge in [-0.1, -0.05) is 125 Å². The number of ether oxygens (including phenoxy) is 2. The topological polar surface area (TPSA) is 78.4 Å². The van der Waals surface area contributed by atoms with Gasteiger partial charge in [-0.15, -0.1) is 0 Å². The molecule has 0 saturated heterocycles. The van der Waals surface area contributed by atoms with E-state index in [9.17, 15) is 9.59 Å². The summed E-state index contributed by atoms with van der Waals surface area (Å²) in [5.41, 5.74) is 9.20. The Morgan fingerprint density at radius 1 is 0.429 bits per heavy atom. The molecule has 8 aromatic rings. The van der Waals surface area contributed by atoms with Gasteiger partial charge in [0.25, 0.3) is 0 Å². The second kappa shape index (κ2) is 15.4. The van der Waals surface area contributed by atoms with Gasteiger partial charge in [-0.05, 0) is 94.8 Å². The maximum absolute atomic E-state index is 14.0. The minimum atomic E-state index is -0.480. The summed E-state index contributed by atoms with van der Waals surface area (Å²) in [6.45, 7) is 8.50. The second-order valence-electron chi connectivity index (χ2n) is 14.5. The fourth-order valence-electron chi connectivity index (χ4n) is 6.83. The van der Waals surface area contributed by atoms with Crippen LogP contribution in [0.1, 0.15) is 71.4 Å². The Morgan fingerprint density at radius 2 is 0.804 bits per heavy atom. The van der Waals surface area contributed by atoms with Gasteiger partial charge in [-0.25, -0.2) is 19.6 Å². The van der Waals surface area contributed by atoms with Crippen molar-refractivity contribution >= 4 is 33.7 Å². The Kier molecular flexibility index (Phi) is 9.95. The standard InChI is InChI=1S/C50H40N2O4/c1-31(2)33-15-21-39(22-16-33)55-49(53)43-29-47(35-11-7-5-8-12-35)51-45-25-19-37(27-41(43)45)38-20-26-46-42(28-38)44(30-48(52-46)36-13-9-6-10-14-36)50(54)56-40-23-17-34(18-24-40)32(3)4/h5-32H,1-4H3. The first kappa shape index (κ1) is 36.1. The Balaban J connectivity index is 1.22. The van der Waals surface area contributed by atoms with E-state index in [4.69, 9.17) is 19.4 Å². The van der Waals surface area contributed by atoms with E-state index in [1.54, 1.807) is 12.1 Å². The minimum Gasteiger partial charge on any atom is -0.423 e. The number of benzene rings is 6. The molecule has 0 aliphatic carbocycles. The number of hydrogen-bond acceptors (Lipinski definition) is 6. The second-order valence-corrected chi connectivity index (χ2v) is 14.5. The normalized spacial score (nSPS) is 11.3. The van der Waals surface area contributed by atoms with Crippen molar-refractivity contribution in [3.63, 3.8) is 0 Å². The maximum atomic E-state index is 14.0. The van der Waals surface area contributed by atoms with Crippen molar-refractivity contribution in [2.24, 2.45) is 0 Å². The average molecular weight is 733 g/mol. The lowest BCUT2D eigenvalue weighted by Crippen LogP contribution is -2.10. The summed E-state index contributed by atoms with van der Waals surface area (Å²) in [4.78, 5) is 38.0. The van der Waals surface area contributed by atoms with Crippen molar-refractivity contribution < 1.29 is 19.1 Å². The van der Waals surface area contributed by atoms with E-state index in [2.05, 4.69) is 27.7 Å². The monoisotopic (exact) mass is 732 g/mol. The van der Waals surface area contributed by atoms with E-state index in [1.165, 1.54) is 0 Å². The molecule has 0 radical (unpaired) electrons. The third-order valence-corrected chi connectivity index (χ3v) is 10.0. The highest BCUT2D eigenvalue weighted by molar-refractivity contribution is 6.08. The third kappa shape index (κ3) is 7.55. The summed E-state index contributed by atoms with van der Waals surface area (Å²) >= 11 is 0. The summed E-state index contributed by atoms with van der Waals surface area (Å²) in [5.74, 6) is 0.689. The molecule has 6 heteroatoms. The van der Waals surface area contributed by atoms with Crippen LogP contribution in [0.4, 0.5) is 0 Å². The van der Waals surface area contributed by atoms with Gasteiger partial charge in [0.05, 0.1) is 33.5 Å². The number of rotatable bonds is 9. The molecule has 2 aromatic heterocycles. The molecule has 0 N–H and O–H groups in total. The number of nitrogens with zero attached hydrogens (tertiary/aromatic N) is 2. The first-order valence-electron chi connectivity index (χ1n) is 18.9. The third-order valence-electron chi connectivity index (χ3n) is 10.0. The fraction of sp³-hybridized carbons (Fsp3) is 0.120. The average Bonchev–Trinajstić information content (AvgIpc) is 3.23. The van der Waals surface area contributed by atoms with Crippen LogP contribution in [0.15, 0.2) is 158 Å². The molecule has 0 aliphatic heterocycles. The summed E-state index contributed by atoms with van der Waals surface area (Å²) in [5, 5.41) is 1.29. The molecule has 2 heterocycles. The molecule has 274 valence electrons. The quantitative estimate of drug-likeness (QED) is 0.109. The molecule has 0 bridgehead atoms. The zero-order valence-corrected chi connectivity index (χ0v) is 31.7. The lowest BCUT2D eigenvalue weighted by molar-refractivity contribution is 0.0727. The Bertz CT molecular complexity index is 2520. The smallest absolute Gasteiger partial charge is 0.344 e. The highest BCUT2D eigenvalue weighted by Gasteiger charge is 2.20. The molecule has 0 atom stereocenters. The number of fused-ring (bicyclic) bond motifs is 2. The van der Waals surface area contributed by atoms with Gasteiger partial charge in [0.15, 0.2) is 0 Å². The van der Waals surface area contributed by atoms with Crippen molar-refractivity contribution in [1.29, 1.82) is 0 Å². The van der Waals surface area contributed by atoms with Gasteiger partial charge < -0.3 is 9.47 Å². The van der Waals surface area contributed by atoms with Gasteiger partial charge in [0, 0.05) is 21.9 Å². The number of aromatic nitrogens is 2. The molecule has 0 aliphatic rings. The Labute approximate surface area is 326 Å². The molecular formula is C50H40N2O4. The van der Waals surface area contributed by atoms with E-state index in [0.717, 1.165) is 33.4 Å². The van der Waals surface area contributed by atoms with Gasteiger partial charge in [0.2, 0.25) is 0 Å². The Morgan fingerprint density at radius 3 is 1.16 bits per heavy atom. The first-order chi connectivity index (χ1) is 27.2. The van der Waals surface area contributed by atoms with Crippen molar-refractivity contribution in [2.45, 2.75) is 39.5 Å². The van der Waals surface area contributed by atoms with Gasteiger partial charge in [-0.3, -0.25) is 0 Å². The lowest BCUT2D eigenvalue weighted by Gasteiger charge is -2.14. The number of carbonyl (C=O) groups excluding carboxylic acids is 2. The molecule has 8 rings (SSSR count). The van der Waals surface area contributed by atoms with Crippen LogP contribution in [-0.4, -0.2) is 21.9 Å². The van der Waals surface area contributed by atoms with Crippen molar-refractivity contribution in [2.75, 3.05) is 0 Å². The lowest BCUT2D eigenvalue weighted by atomic mass is 9.96. The molecule has 0 unspecified atom stereocenters. The molecule has 0 spiro atoms.